The number of H-pyrrole nitrogens is 1. The number of hydrogen-bond acceptors (Lipinski definition) is 2. The maximum atomic E-state index is 11.1. The van der Waals surface area contributed by atoms with E-state index in [0.29, 0.717) is 16.4 Å². The van der Waals surface area contributed by atoms with Gasteiger partial charge < -0.3 is 5.11 Å². The number of aromatic carboxylic acids is 1. The third kappa shape index (κ3) is 1.79. The minimum Gasteiger partial charge on any atom is -0.478 e. The minimum absolute atomic E-state index is 0.197. The lowest BCUT2D eigenvalue weighted by Gasteiger charge is -1.99. The molecule has 0 amide bonds. The van der Waals surface area contributed by atoms with Gasteiger partial charge in [-0.1, -0.05) is 23.7 Å². The van der Waals surface area contributed by atoms with Gasteiger partial charge in [-0.2, -0.15) is 5.10 Å². The number of aromatic nitrogens is 2. The molecule has 0 aliphatic carbocycles. The van der Waals surface area contributed by atoms with Gasteiger partial charge in [0.05, 0.1) is 0 Å². The Morgan fingerprint density at radius 1 is 1.38 bits per heavy atom. The molecule has 0 aliphatic heterocycles. The molecule has 1 aromatic carbocycles. The van der Waals surface area contributed by atoms with Gasteiger partial charge in [-0.15, -0.1) is 0 Å². The lowest BCUT2D eigenvalue weighted by Crippen LogP contribution is -1.99. The maximum absolute atomic E-state index is 11.1. The molecule has 82 valence electrons. The molecule has 0 radical (unpaired) electrons. The molecule has 2 aromatic rings. The van der Waals surface area contributed by atoms with Gasteiger partial charge in [0.2, 0.25) is 0 Å². The van der Waals surface area contributed by atoms with Gasteiger partial charge in [0.25, 0.3) is 0 Å². The molecule has 0 saturated heterocycles. The second kappa shape index (κ2) is 3.98. The summed E-state index contributed by atoms with van der Waals surface area (Å²) in [5.74, 6) is -0.990. The van der Waals surface area contributed by atoms with Crippen molar-refractivity contribution in [2.24, 2.45) is 0 Å². The summed E-state index contributed by atoms with van der Waals surface area (Å²) in [5, 5.41) is 16.3. The number of halogens is 1. The van der Waals surface area contributed by atoms with Crippen LogP contribution in [-0.2, 0) is 0 Å². The van der Waals surface area contributed by atoms with Crippen LogP contribution in [0.4, 0.5) is 0 Å². The number of nitrogens with zero attached hydrogens (tertiary/aromatic N) is 1. The number of carbonyl (C=O) groups is 1. The topological polar surface area (TPSA) is 66.0 Å². The van der Waals surface area contributed by atoms with E-state index in [0.717, 1.165) is 5.56 Å². The van der Waals surface area contributed by atoms with Crippen LogP contribution >= 0.6 is 11.6 Å². The first-order valence-electron chi connectivity index (χ1n) is 4.64. The van der Waals surface area contributed by atoms with Crippen molar-refractivity contribution in [1.29, 1.82) is 0 Å². The summed E-state index contributed by atoms with van der Waals surface area (Å²) in [6, 6.07) is 6.88. The lowest BCUT2D eigenvalue weighted by molar-refractivity contribution is 0.0697. The number of nitrogens with one attached hydrogen (secondary N) is 1. The van der Waals surface area contributed by atoms with E-state index in [2.05, 4.69) is 10.2 Å². The quantitative estimate of drug-likeness (QED) is 0.843. The number of benzene rings is 1. The Kier molecular flexibility index (Phi) is 2.66. The van der Waals surface area contributed by atoms with Crippen LogP contribution in [0, 0.1) is 6.92 Å². The molecule has 5 heteroatoms. The molecular weight excluding hydrogens is 228 g/mol. The smallest absolute Gasteiger partial charge is 0.339 e. The van der Waals surface area contributed by atoms with Gasteiger partial charge in [-0.25, -0.2) is 4.79 Å². The third-order valence-corrected chi connectivity index (χ3v) is 2.53. The van der Waals surface area contributed by atoms with Crippen LogP contribution in [0.3, 0.4) is 0 Å². The largest absolute Gasteiger partial charge is 0.478 e. The maximum Gasteiger partial charge on any atom is 0.339 e. The van der Waals surface area contributed by atoms with E-state index in [1.165, 1.54) is 0 Å². The van der Waals surface area contributed by atoms with E-state index in [9.17, 15) is 4.79 Å². The van der Waals surface area contributed by atoms with E-state index < -0.39 is 5.97 Å². The molecule has 1 aromatic heterocycles. The summed E-state index contributed by atoms with van der Waals surface area (Å²) in [6.45, 7) is 1.68. The highest BCUT2D eigenvalue weighted by molar-refractivity contribution is 6.30. The number of carboxylic acids is 1. The first kappa shape index (κ1) is 10.7. The molecule has 0 unspecified atom stereocenters. The first-order valence-corrected chi connectivity index (χ1v) is 5.01. The molecule has 0 fully saturated rings. The SMILES string of the molecule is Cc1[nH]nc(-c2ccc(Cl)cc2)c1C(=O)O. The predicted molar refractivity (Wildman–Crippen MR) is 60.7 cm³/mol. The molecule has 0 bridgehead atoms. The summed E-state index contributed by atoms with van der Waals surface area (Å²) in [7, 11) is 0. The van der Waals surface area contributed by atoms with Crippen LogP contribution in [-0.4, -0.2) is 21.3 Å². The highest BCUT2D eigenvalue weighted by Crippen LogP contribution is 2.24. The number of carboxylic acid groups (broad SMARTS) is 1. The fourth-order valence-electron chi connectivity index (χ4n) is 1.51. The van der Waals surface area contributed by atoms with Gasteiger partial charge in [0.15, 0.2) is 0 Å². The minimum atomic E-state index is -0.990. The van der Waals surface area contributed by atoms with E-state index >= 15 is 0 Å². The molecule has 0 spiro atoms. The van der Waals surface area contributed by atoms with Crippen molar-refractivity contribution < 1.29 is 9.90 Å². The van der Waals surface area contributed by atoms with Crippen molar-refractivity contribution in [3.05, 3.63) is 40.5 Å². The fourth-order valence-corrected chi connectivity index (χ4v) is 1.63. The molecule has 2 rings (SSSR count). The Balaban J connectivity index is 2.56. The molecular formula is C11H9ClN2O2. The Labute approximate surface area is 96.9 Å². The van der Waals surface area contributed by atoms with Crippen LogP contribution in [0.15, 0.2) is 24.3 Å². The standard InChI is InChI=1S/C11H9ClN2O2/c1-6-9(11(15)16)10(14-13-6)7-2-4-8(12)5-3-7/h2-5H,1H3,(H,13,14)(H,15,16). The van der Waals surface area contributed by atoms with Gasteiger partial charge in [-0.05, 0) is 19.1 Å². The van der Waals surface area contributed by atoms with Crippen LogP contribution in [0.5, 0.6) is 0 Å². The molecule has 0 saturated carbocycles. The van der Waals surface area contributed by atoms with Crippen molar-refractivity contribution in [3.63, 3.8) is 0 Å². The highest BCUT2D eigenvalue weighted by atomic mass is 35.5. The Morgan fingerprint density at radius 2 is 2.00 bits per heavy atom. The molecule has 0 aliphatic rings. The fraction of sp³-hybridized carbons (Fsp3) is 0.0909. The Hall–Kier alpha value is -1.81. The van der Waals surface area contributed by atoms with Gasteiger partial charge in [0.1, 0.15) is 11.3 Å². The van der Waals surface area contributed by atoms with E-state index in [4.69, 9.17) is 16.7 Å². The Bertz CT molecular complexity index is 531. The summed E-state index contributed by atoms with van der Waals surface area (Å²) in [4.78, 5) is 11.1. The average Bonchev–Trinajstić information content (AvgIpc) is 2.61. The summed E-state index contributed by atoms with van der Waals surface area (Å²) in [5.41, 5.74) is 1.90. The molecule has 0 atom stereocenters. The van der Waals surface area contributed by atoms with Crippen LogP contribution in [0.25, 0.3) is 11.3 Å². The monoisotopic (exact) mass is 236 g/mol. The van der Waals surface area contributed by atoms with Crippen molar-refractivity contribution >= 4 is 17.6 Å². The lowest BCUT2D eigenvalue weighted by atomic mass is 10.1. The summed E-state index contributed by atoms with van der Waals surface area (Å²) >= 11 is 5.76. The zero-order valence-corrected chi connectivity index (χ0v) is 9.25. The van der Waals surface area contributed by atoms with Crippen molar-refractivity contribution in [2.45, 2.75) is 6.92 Å². The van der Waals surface area contributed by atoms with E-state index in [-0.39, 0.29) is 5.56 Å². The zero-order chi connectivity index (χ0) is 11.7. The summed E-state index contributed by atoms with van der Waals surface area (Å²) in [6.07, 6.45) is 0. The van der Waals surface area contributed by atoms with Crippen LogP contribution < -0.4 is 0 Å². The van der Waals surface area contributed by atoms with Gasteiger partial charge in [0, 0.05) is 16.3 Å². The van der Waals surface area contributed by atoms with Crippen molar-refractivity contribution in [1.82, 2.24) is 10.2 Å². The highest BCUT2D eigenvalue weighted by Gasteiger charge is 2.18. The molecule has 16 heavy (non-hydrogen) atoms. The molecule has 2 N–H and O–H groups in total. The zero-order valence-electron chi connectivity index (χ0n) is 8.49. The molecule has 4 nitrogen and oxygen atoms in total. The first-order chi connectivity index (χ1) is 7.59. The van der Waals surface area contributed by atoms with Crippen molar-refractivity contribution in [3.8, 4) is 11.3 Å². The van der Waals surface area contributed by atoms with E-state index in [1.807, 2.05) is 0 Å². The number of aromatic amines is 1. The normalized spacial score (nSPS) is 10.4. The second-order valence-corrected chi connectivity index (χ2v) is 3.82. The number of rotatable bonds is 2. The predicted octanol–water partition coefficient (Wildman–Crippen LogP) is 2.74. The second-order valence-electron chi connectivity index (χ2n) is 3.38. The number of aryl methyl sites for hydroxylation is 1. The third-order valence-electron chi connectivity index (χ3n) is 2.28. The average molecular weight is 237 g/mol. The Morgan fingerprint density at radius 3 is 2.56 bits per heavy atom. The molecule has 1 heterocycles. The van der Waals surface area contributed by atoms with Crippen LogP contribution in [0.1, 0.15) is 16.1 Å². The van der Waals surface area contributed by atoms with Crippen molar-refractivity contribution in [2.75, 3.05) is 0 Å². The van der Waals surface area contributed by atoms with Gasteiger partial charge in [-0.3, -0.25) is 5.10 Å². The van der Waals surface area contributed by atoms with Gasteiger partial charge >= 0.3 is 5.97 Å². The summed E-state index contributed by atoms with van der Waals surface area (Å²) < 4.78 is 0. The van der Waals surface area contributed by atoms with E-state index in [1.54, 1.807) is 31.2 Å². The van der Waals surface area contributed by atoms with Crippen LogP contribution in [0.2, 0.25) is 5.02 Å². The number of hydrogen-bond donors (Lipinski definition) is 2.